The maximum absolute atomic E-state index is 12.4. The number of carbonyl (C=O) groups is 2. The number of ether oxygens (including phenoxy) is 3. The van der Waals surface area contributed by atoms with Crippen LogP contribution in [0.25, 0.3) is 0 Å². The smallest absolute Gasteiger partial charge is 0.409 e. The predicted octanol–water partition coefficient (Wildman–Crippen LogP) is 2.96. The normalized spacial score (nSPS) is 18.9. The van der Waals surface area contributed by atoms with Crippen molar-refractivity contribution in [3.05, 3.63) is 29.8 Å². The van der Waals surface area contributed by atoms with Crippen LogP contribution < -0.4 is 4.74 Å². The van der Waals surface area contributed by atoms with Crippen molar-refractivity contribution in [2.24, 2.45) is 11.8 Å². The molecule has 7 heteroatoms. The zero-order chi connectivity index (χ0) is 19.8. The molecule has 7 nitrogen and oxygen atoms in total. The van der Waals surface area contributed by atoms with Crippen LogP contribution in [-0.2, 0) is 14.3 Å². The SMILES string of the molecule is COC(=O)C[C@H]1CN(C(=O)OCC(C)C)C[C@H]1c1cccc(OCC#N)c1. The molecule has 1 heterocycles. The Balaban J connectivity index is 2.16. The first-order valence-electron chi connectivity index (χ1n) is 9.02. The highest BCUT2D eigenvalue weighted by molar-refractivity contribution is 5.71. The van der Waals surface area contributed by atoms with Gasteiger partial charge in [0.05, 0.1) is 20.1 Å². The Kier molecular flexibility index (Phi) is 7.47. The van der Waals surface area contributed by atoms with E-state index in [1.807, 2.05) is 38.1 Å². The Morgan fingerprint density at radius 3 is 2.78 bits per heavy atom. The van der Waals surface area contributed by atoms with Gasteiger partial charge in [-0.2, -0.15) is 5.26 Å². The van der Waals surface area contributed by atoms with Gasteiger partial charge in [-0.15, -0.1) is 0 Å². The fourth-order valence-corrected chi connectivity index (χ4v) is 3.18. The highest BCUT2D eigenvalue weighted by Gasteiger charge is 2.38. The number of nitriles is 1. The minimum absolute atomic E-state index is 0.0344. The third kappa shape index (κ3) is 5.88. The molecule has 1 aromatic rings. The fraction of sp³-hybridized carbons (Fsp3) is 0.550. The third-order valence-electron chi connectivity index (χ3n) is 4.49. The van der Waals surface area contributed by atoms with E-state index in [0.29, 0.717) is 25.4 Å². The molecular formula is C20H26N2O5. The Labute approximate surface area is 159 Å². The van der Waals surface area contributed by atoms with E-state index in [1.165, 1.54) is 7.11 Å². The zero-order valence-corrected chi connectivity index (χ0v) is 16.0. The van der Waals surface area contributed by atoms with Gasteiger partial charge in [0.15, 0.2) is 6.61 Å². The van der Waals surface area contributed by atoms with Crippen LogP contribution in [0, 0.1) is 23.2 Å². The second-order valence-electron chi connectivity index (χ2n) is 7.04. The van der Waals surface area contributed by atoms with Crippen molar-refractivity contribution in [1.29, 1.82) is 5.26 Å². The number of likely N-dealkylation sites (tertiary alicyclic amines) is 1. The van der Waals surface area contributed by atoms with Gasteiger partial charge in [0.25, 0.3) is 0 Å². The Hall–Kier alpha value is -2.75. The molecule has 1 amide bonds. The summed E-state index contributed by atoms with van der Waals surface area (Å²) in [6.07, 6.45) is -0.142. The molecule has 0 bridgehead atoms. The molecule has 0 radical (unpaired) electrons. The molecule has 0 spiro atoms. The number of carbonyl (C=O) groups excluding carboxylic acids is 2. The van der Waals surface area contributed by atoms with Gasteiger partial charge >= 0.3 is 12.1 Å². The van der Waals surface area contributed by atoms with Gasteiger partial charge in [0.2, 0.25) is 0 Å². The van der Waals surface area contributed by atoms with E-state index in [1.54, 1.807) is 11.0 Å². The number of nitrogens with zero attached hydrogens (tertiary/aromatic N) is 2. The summed E-state index contributed by atoms with van der Waals surface area (Å²) < 4.78 is 15.5. The average molecular weight is 374 g/mol. The second kappa shape index (κ2) is 9.81. The standard InChI is InChI=1S/C20H26N2O5/c1-14(2)13-27-20(24)22-11-16(10-19(23)25-3)18(12-22)15-5-4-6-17(9-15)26-8-7-21/h4-6,9,14,16,18H,8,10-13H2,1-3H3/t16-,18-/m0/s1. The minimum Gasteiger partial charge on any atom is -0.479 e. The summed E-state index contributed by atoms with van der Waals surface area (Å²) in [6.45, 7) is 5.17. The van der Waals surface area contributed by atoms with Crippen LogP contribution >= 0.6 is 0 Å². The van der Waals surface area contributed by atoms with Crippen LogP contribution in [0.1, 0.15) is 31.7 Å². The largest absolute Gasteiger partial charge is 0.479 e. The van der Waals surface area contributed by atoms with E-state index in [4.69, 9.17) is 19.5 Å². The highest BCUT2D eigenvalue weighted by atomic mass is 16.6. The minimum atomic E-state index is -0.363. The van der Waals surface area contributed by atoms with Crippen LogP contribution in [0.2, 0.25) is 0 Å². The molecule has 0 N–H and O–H groups in total. The third-order valence-corrected chi connectivity index (χ3v) is 4.49. The summed E-state index contributed by atoms with van der Waals surface area (Å²) in [5.41, 5.74) is 0.957. The number of benzene rings is 1. The lowest BCUT2D eigenvalue weighted by Gasteiger charge is -2.18. The van der Waals surface area contributed by atoms with E-state index in [0.717, 1.165) is 5.56 Å². The zero-order valence-electron chi connectivity index (χ0n) is 16.0. The van der Waals surface area contributed by atoms with Gasteiger partial charge in [0.1, 0.15) is 11.8 Å². The molecule has 1 aliphatic rings. The topological polar surface area (TPSA) is 88.9 Å². The molecule has 0 unspecified atom stereocenters. The Morgan fingerprint density at radius 2 is 2.11 bits per heavy atom. The lowest BCUT2D eigenvalue weighted by molar-refractivity contribution is -0.141. The molecule has 1 aromatic carbocycles. The van der Waals surface area contributed by atoms with Crippen molar-refractivity contribution in [3.8, 4) is 11.8 Å². The molecule has 0 saturated carbocycles. The molecule has 2 rings (SSSR count). The van der Waals surface area contributed by atoms with Crippen molar-refractivity contribution >= 4 is 12.1 Å². The maximum Gasteiger partial charge on any atom is 0.409 e. The quantitative estimate of drug-likeness (QED) is 0.682. The van der Waals surface area contributed by atoms with Crippen molar-refractivity contribution in [2.75, 3.05) is 33.4 Å². The molecule has 0 aromatic heterocycles. The number of hydrogen-bond donors (Lipinski definition) is 0. The van der Waals surface area contributed by atoms with Crippen LogP contribution in [0.15, 0.2) is 24.3 Å². The molecule has 146 valence electrons. The molecule has 1 fully saturated rings. The molecular weight excluding hydrogens is 348 g/mol. The molecule has 0 aliphatic carbocycles. The van der Waals surface area contributed by atoms with E-state index in [-0.39, 0.29) is 42.8 Å². The van der Waals surface area contributed by atoms with Crippen LogP contribution in [0.5, 0.6) is 5.75 Å². The summed E-state index contributed by atoms with van der Waals surface area (Å²) in [7, 11) is 1.36. The fourth-order valence-electron chi connectivity index (χ4n) is 3.18. The van der Waals surface area contributed by atoms with Crippen LogP contribution in [0.4, 0.5) is 4.79 Å². The Bertz CT molecular complexity index is 698. The number of rotatable bonds is 7. The monoisotopic (exact) mass is 374 g/mol. The summed E-state index contributed by atoms with van der Waals surface area (Å²) in [6, 6.07) is 9.36. The first-order chi connectivity index (χ1) is 12.9. The molecule has 1 saturated heterocycles. The van der Waals surface area contributed by atoms with Gasteiger partial charge in [0, 0.05) is 19.0 Å². The number of amides is 1. The van der Waals surface area contributed by atoms with Gasteiger partial charge in [-0.3, -0.25) is 4.79 Å². The molecule has 1 aliphatic heterocycles. The van der Waals surface area contributed by atoms with Crippen LogP contribution in [-0.4, -0.2) is 50.4 Å². The van der Waals surface area contributed by atoms with E-state index < -0.39 is 0 Å². The van der Waals surface area contributed by atoms with Crippen molar-refractivity contribution in [2.45, 2.75) is 26.2 Å². The van der Waals surface area contributed by atoms with Gasteiger partial charge in [-0.25, -0.2) is 4.79 Å². The van der Waals surface area contributed by atoms with Gasteiger partial charge < -0.3 is 19.1 Å². The van der Waals surface area contributed by atoms with Gasteiger partial charge in [-0.05, 0) is 29.5 Å². The summed E-state index contributed by atoms with van der Waals surface area (Å²) >= 11 is 0. The van der Waals surface area contributed by atoms with Crippen LogP contribution in [0.3, 0.4) is 0 Å². The van der Waals surface area contributed by atoms with Crippen molar-refractivity contribution in [1.82, 2.24) is 4.90 Å². The summed E-state index contributed by atoms with van der Waals surface area (Å²) in [4.78, 5) is 25.8. The van der Waals surface area contributed by atoms with E-state index in [9.17, 15) is 9.59 Å². The number of esters is 1. The second-order valence-corrected chi connectivity index (χ2v) is 7.04. The summed E-state index contributed by atoms with van der Waals surface area (Å²) in [5.74, 6) is 0.426. The van der Waals surface area contributed by atoms with Gasteiger partial charge in [-0.1, -0.05) is 26.0 Å². The predicted molar refractivity (Wildman–Crippen MR) is 98.2 cm³/mol. The van der Waals surface area contributed by atoms with E-state index >= 15 is 0 Å². The maximum atomic E-state index is 12.4. The first-order valence-corrected chi connectivity index (χ1v) is 9.02. The average Bonchev–Trinajstić information content (AvgIpc) is 3.08. The highest BCUT2D eigenvalue weighted by Crippen LogP contribution is 2.36. The molecule has 2 atom stereocenters. The number of hydrogen-bond acceptors (Lipinski definition) is 6. The summed E-state index contributed by atoms with van der Waals surface area (Å²) in [5, 5.41) is 8.68. The lowest BCUT2D eigenvalue weighted by atomic mass is 9.87. The van der Waals surface area contributed by atoms with Crippen molar-refractivity contribution in [3.63, 3.8) is 0 Å². The Morgan fingerprint density at radius 1 is 1.33 bits per heavy atom. The number of methoxy groups -OCH3 is 1. The first kappa shape index (κ1) is 20.6. The van der Waals surface area contributed by atoms with Crippen molar-refractivity contribution < 1.29 is 23.8 Å². The van der Waals surface area contributed by atoms with E-state index in [2.05, 4.69) is 0 Å². The lowest BCUT2D eigenvalue weighted by Crippen LogP contribution is -2.30. The molecule has 27 heavy (non-hydrogen) atoms.